The summed E-state index contributed by atoms with van der Waals surface area (Å²) in [6, 6.07) is 6.26. The first-order valence-corrected chi connectivity index (χ1v) is 8.15. The fourth-order valence-electron chi connectivity index (χ4n) is 1.72. The molecule has 0 saturated carbocycles. The number of carbonyl (C=O) groups excluding carboxylic acids is 1. The van der Waals surface area contributed by atoms with Crippen molar-refractivity contribution in [1.82, 2.24) is 5.32 Å². The van der Waals surface area contributed by atoms with Gasteiger partial charge in [0.2, 0.25) is 0 Å². The highest BCUT2D eigenvalue weighted by atomic mass is 79.9. The second-order valence-electron chi connectivity index (χ2n) is 5.53. The highest BCUT2D eigenvalue weighted by Crippen LogP contribution is 2.21. The van der Waals surface area contributed by atoms with Gasteiger partial charge in [0.25, 0.3) is 5.91 Å². The lowest BCUT2D eigenvalue weighted by atomic mass is 9.90. The van der Waals surface area contributed by atoms with Crippen LogP contribution in [0.3, 0.4) is 0 Å². The number of nitriles is 1. The zero-order valence-electron chi connectivity index (χ0n) is 12.3. The van der Waals surface area contributed by atoms with Gasteiger partial charge in [-0.05, 0) is 40.9 Å². The predicted molar refractivity (Wildman–Crippen MR) is 84.5 cm³/mol. The number of amides is 1. The van der Waals surface area contributed by atoms with Crippen molar-refractivity contribution in [3.63, 3.8) is 0 Å². The Kier molecular flexibility index (Phi) is 6.18. The Labute approximate surface area is 132 Å². The summed E-state index contributed by atoms with van der Waals surface area (Å²) in [4.78, 5) is 14.4. The van der Waals surface area contributed by atoms with Crippen LogP contribution in [0.4, 0.5) is 0 Å². The first kappa shape index (κ1) is 17.2. The third-order valence-electron chi connectivity index (χ3n) is 3.35. The maximum absolute atomic E-state index is 12.0. The highest BCUT2D eigenvalue weighted by Gasteiger charge is 2.30. The van der Waals surface area contributed by atoms with Gasteiger partial charge in [-0.15, -0.1) is 11.3 Å². The molecular weight excluding hydrogens is 338 g/mol. The third-order valence-corrected chi connectivity index (χ3v) is 4.98. The molecule has 1 rings (SSSR count). The molecule has 0 aliphatic rings. The van der Waals surface area contributed by atoms with Gasteiger partial charge in [-0.3, -0.25) is 4.79 Å². The number of nitrogens with one attached hydrogen (secondary N) is 2. The average molecular weight is 359 g/mol. The first-order valence-electron chi connectivity index (χ1n) is 6.54. The minimum Gasteiger partial charge on any atom is -0.333 e. The fraction of sp³-hybridized carbons (Fsp3) is 0.571. The van der Waals surface area contributed by atoms with E-state index in [4.69, 9.17) is 0 Å². The van der Waals surface area contributed by atoms with E-state index in [0.29, 0.717) is 6.54 Å². The van der Waals surface area contributed by atoms with E-state index in [2.05, 4.69) is 33.4 Å². The number of carbonyl (C=O) groups is 1. The highest BCUT2D eigenvalue weighted by molar-refractivity contribution is 9.11. The molecule has 4 nitrogen and oxygen atoms in total. The number of likely N-dealkylation sites (N-methyl/N-ethyl adjacent to an activating group) is 1. The summed E-state index contributed by atoms with van der Waals surface area (Å²) in [5.41, 5.74) is -0.802. The fourth-order valence-corrected chi connectivity index (χ4v) is 3.31. The zero-order chi connectivity index (χ0) is 15.3. The summed E-state index contributed by atoms with van der Waals surface area (Å²) >= 11 is 5.11. The Hall–Kier alpha value is -0.900. The van der Waals surface area contributed by atoms with E-state index < -0.39 is 5.54 Å². The minimum atomic E-state index is -0.802. The van der Waals surface area contributed by atoms with Crippen molar-refractivity contribution in [2.24, 2.45) is 5.92 Å². The van der Waals surface area contributed by atoms with Gasteiger partial charge in [-0.1, -0.05) is 13.8 Å². The molecule has 0 aliphatic heterocycles. The van der Waals surface area contributed by atoms with E-state index in [0.717, 1.165) is 15.2 Å². The normalized spacial score (nSPS) is 15.4. The first-order chi connectivity index (χ1) is 9.26. The Morgan fingerprint density at radius 3 is 2.70 bits per heavy atom. The molecule has 6 heteroatoms. The topological polar surface area (TPSA) is 57.3 Å². The van der Waals surface area contributed by atoms with Gasteiger partial charge in [0.05, 0.1) is 21.8 Å². The van der Waals surface area contributed by atoms with E-state index in [1.165, 1.54) is 4.88 Å². The molecule has 20 heavy (non-hydrogen) atoms. The van der Waals surface area contributed by atoms with Crippen molar-refractivity contribution >= 4 is 33.2 Å². The van der Waals surface area contributed by atoms with Crippen molar-refractivity contribution in [2.75, 3.05) is 13.6 Å². The molecule has 110 valence electrons. The van der Waals surface area contributed by atoms with Crippen LogP contribution in [-0.2, 0) is 11.3 Å². The van der Waals surface area contributed by atoms with Gasteiger partial charge >= 0.3 is 0 Å². The molecule has 2 N–H and O–H groups in total. The molecule has 2 atom stereocenters. The molecule has 0 spiro atoms. The Balaban J connectivity index is 2.52. The number of hydrogen-bond acceptors (Lipinski definition) is 3. The van der Waals surface area contributed by atoms with Crippen LogP contribution in [0.15, 0.2) is 15.9 Å². The van der Waals surface area contributed by atoms with Gasteiger partial charge in [0, 0.05) is 0 Å². The number of thiophene rings is 1. The average Bonchev–Trinajstić information content (AvgIpc) is 2.73. The SMILES string of the molecule is CC(C)[C@@](C)(C#N)NC(=O)C[NH+](C)Cc1ccc(Br)s1. The molecule has 0 radical (unpaired) electrons. The molecule has 1 aromatic rings. The molecule has 1 amide bonds. The summed E-state index contributed by atoms with van der Waals surface area (Å²) in [6.45, 7) is 6.79. The summed E-state index contributed by atoms with van der Waals surface area (Å²) in [5.74, 6) is -0.0131. The number of quaternary nitrogens is 1. The summed E-state index contributed by atoms with van der Waals surface area (Å²) in [5, 5.41) is 12.0. The second-order valence-corrected chi connectivity index (χ2v) is 8.08. The van der Waals surface area contributed by atoms with Crippen molar-refractivity contribution in [3.8, 4) is 6.07 Å². The van der Waals surface area contributed by atoms with Gasteiger partial charge in [0.1, 0.15) is 12.1 Å². The maximum atomic E-state index is 12.0. The predicted octanol–water partition coefficient (Wildman–Crippen LogP) is 1.58. The summed E-state index contributed by atoms with van der Waals surface area (Å²) in [7, 11) is 1.98. The Morgan fingerprint density at radius 2 is 2.25 bits per heavy atom. The van der Waals surface area contributed by atoms with Crippen molar-refractivity contribution < 1.29 is 9.69 Å². The zero-order valence-corrected chi connectivity index (χ0v) is 14.7. The number of halogens is 1. The molecule has 1 unspecified atom stereocenters. The van der Waals surface area contributed by atoms with E-state index in [-0.39, 0.29) is 11.8 Å². The van der Waals surface area contributed by atoms with Crippen LogP contribution < -0.4 is 10.2 Å². The molecule has 1 aromatic heterocycles. The van der Waals surface area contributed by atoms with Crippen LogP contribution in [0.25, 0.3) is 0 Å². The van der Waals surface area contributed by atoms with Crippen molar-refractivity contribution in [2.45, 2.75) is 32.9 Å². The lowest BCUT2D eigenvalue weighted by Crippen LogP contribution is -3.09. The molecule has 0 aromatic carbocycles. The Bertz CT molecular complexity index is 509. The largest absolute Gasteiger partial charge is 0.333 e. The molecule has 1 heterocycles. The van der Waals surface area contributed by atoms with Crippen LogP contribution in [0.5, 0.6) is 0 Å². The number of nitrogens with zero attached hydrogens (tertiary/aromatic N) is 1. The van der Waals surface area contributed by atoms with E-state index >= 15 is 0 Å². The van der Waals surface area contributed by atoms with Crippen LogP contribution >= 0.6 is 27.3 Å². The quantitative estimate of drug-likeness (QED) is 0.810. The van der Waals surface area contributed by atoms with E-state index in [1.807, 2.05) is 27.0 Å². The summed E-state index contributed by atoms with van der Waals surface area (Å²) < 4.78 is 1.10. The van der Waals surface area contributed by atoms with E-state index in [9.17, 15) is 10.1 Å². The molecule has 0 bridgehead atoms. The maximum Gasteiger partial charge on any atom is 0.276 e. The van der Waals surface area contributed by atoms with Crippen molar-refractivity contribution in [3.05, 3.63) is 20.8 Å². The monoisotopic (exact) mass is 358 g/mol. The van der Waals surface area contributed by atoms with Crippen LogP contribution in [0, 0.1) is 17.2 Å². The lowest BCUT2D eigenvalue weighted by molar-refractivity contribution is -0.885. The van der Waals surface area contributed by atoms with Gasteiger partial charge in [-0.25, -0.2) is 0 Å². The van der Waals surface area contributed by atoms with Crippen LogP contribution in [-0.4, -0.2) is 25.0 Å². The smallest absolute Gasteiger partial charge is 0.276 e. The second kappa shape index (κ2) is 7.21. The van der Waals surface area contributed by atoms with Gasteiger partial charge in [-0.2, -0.15) is 5.26 Å². The molecule has 0 saturated heterocycles. The minimum absolute atomic E-state index is 0.0741. The molecule has 0 aliphatic carbocycles. The Morgan fingerprint density at radius 1 is 1.60 bits per heavy atom. The molecular formula is C14H21BrN3OS+. The molecule has 0 fully saturated rings. The van der Waals surface area contributed by atoms with Crippen molar-refractivity contribution in [1.29, 1.82) is 5.26 Å². The van der Waals surface area contributed by atoms with Crippen LogP contribution in [0.2, 0.25) is 0 Å². The standard InChI is InChI=1S/C14H20BrN3OS/c1-10(2)14(3,9-16)17-13(19)8-18(4)7-11-5-6-12(15)20-11/h5-6,10H,7-8H2,1-4H3,(H,17,19)/p+1/t14-/m1/s1. The number of hydrogen-bond donors (Lipinski definition) is 2. The summed E-state index contributed by atoms with van der Waals surface area (Å²) in [6.07, 6.45) is 0. The van der Waals surface area contributed by atoms with Gasteiger partial charge in [0.15, 0.2) is 6.54 Å². The number of rotatable bonds is 6. The third kappa shape index (κ3) is 4.89. The van der Waals surface area contributed by atoms with Gasteiger partial charge < -0.3 is 10.2 Å². The van der Waals surface area contributed by atoms with Crippen LogP contribution in [0.1, 0.15) is 25.6 Å². The lowest BCUT2D eigenvalue weighted by Gasteiger charge is -2.27. The van der Waals surface area contributed by atoms with E-state index in [1.54, 1.807) is 18.3 Å².